The number of aliphatic hydroxyl groups excluding tert-OH is 1. The molecular formula is C12H15ClN2O4S. The number of nitrogens with zero attached hydrogens (tertiary/aromatic N) is 2. The van der Waals surface area contributed by atoms with Crippen molar-refractivity contribution in [2.75, 3.05) is 13.6 Å². The zero-order chi connectivity index (χ0) is 14.9. The third kappa shape index (κ3) is 3.23. The van der Waals surface area contributed by atoms with E-state index in [1.54, 1.807) is 13.1 Å². The lowest BCUT2D eigenvalue weighted by atomic mass is 10.2. The molecule has 0 radical (unpaired) electrons. The second-order valence-corrected chi connectivity index (χ2v) is 6.54. The van der Waals surface area contributed by atoms with Crippen LogP contribution in [0.4, 0.5) is 4.79 Å². The first-order valence-corrected chi connectivity index (χ1v) is 7.24. The Hall–Kier alpha value is -1.31. The number of aliphatic hydroxyl groups is 1. The molecule has 1 aliphatic heterocycles. The van der Waals surface area contributed by atoms with E-state index < -0.39 is 24.1 Å². The van der Waals surface area contributed by atoms with Crippen LogP contribution >= 0.6 is 22.9 Å². The summed E-state index contributed by atoms with van der Waals surface area (Å²) in [6.45, 7) is 0.403. The molecule has 1 aliphatic rings. The molecule has 0 aromatic carbocycles. The Balaban J connectivity index is 2.04. The van der Waals surface area contributed by atoms with Gasteiger partial charge >= 0.3 is 12.0 Å². The average Bonchev–Trinajstić information content (AvgIpc) is 2.94. The van der Waals surface area contributed by atoms with Crippen molar-refractivity contribution in [2.24, 2.45) is 0 Å². The largest absolute Gasteiger partial charge is 0.480 e. The van der Waals surface area contributed by atoms with Gasteiger partial charge in [-0.25, -0.2) is 9.59 Å². The number of carbonyl (C=O) groups excluding carboxylic acids is 1. The maximum Gasteiger partial charge on any atom is 0.326 e. The number of carbonyl (C=O) groups is 2. The third-order valence-electron chi connectivity index (χ3n) is 3.16. The summed E-state index contributed by atoms with van der Waals surface area (Å²) < 4.78 is 0.640. The van der Waals surface area contributed by atoms with Crippen LogP contribution in [-0.2, 0) is 11.3 Å². The number of hydrogen-bond donors (Lipinski definition) is 2. The summed E-state index contributed by atoms with van der Waals surface area (Å²) in [5.41, 5.74) is 0. The van der Waals surface area contributed by atoms with Gasteiger partial charge < -0.3 is 20.0 Å². The smallest absolute Gasteiger partial charge is 0.326 e. The van der Waals surface area contributed by atoms with E-state index >= 15 is 0 Å². The van der Waals surface area contributed by atoms with Crippen LogP contribution in [0.1, 0.15) is 11.3 Å². The molecule has 20 heavy (non-hydrogen) atoms. The van der Waals surface area contributed by atoms with Crippen LogP contribution in [0.2, 0.25) is 4.34 Å². The lowest BCUT2D eigenvalue weighted by Gasteiger charge is -2.27. The van der Waals surface area contributed by atoms with E-state index in [9.17, 15) is 14.7 Å². The van der Waals surface area contributed by atoms with Gasteiger partial charge in [-0.2, -0.15) is 0 Å². The summed E-state index contributed by atoms with van der Waals surface area (Å²) in [5, 5.41) is 18.6. The predicted octanol–water partition coefficient (Wildman–Crippen LogP) is 1.47. The summed E-state index contributed by atoms with van der Waals surface area (Å²) >= 11 is 7.20. The van der Waals surface area contributed by atoms with Gasteiger partial charge in [-0.1, -0.05) is 11.6 Å². The van der Waals surface area contributed by atoms with E-state index in [2.05, 4.69) is 0 Å². The summed E-state index contributed by atoms with van der Waals surface area (Å²) in [6.07, 6.45) is -0.718. The molecule has 8 heteroatoms. The number of rotatable bonds is 3. The van der Waals surface area contributed by atoms with Crippen LogP contribution in [0, 0.1) is 0 Å². The van der Waals surface area contributed by atoms with Crippen molar-refractivity contribution in [1.29, 1.82) is 0 Å². The number of β-amino-alcohol motifs (C(OH)–C–C–N with tert-alkyl or cyclic N) is 1. The Morgan fingerprint density at radius 1 is 1.55 bits per heavy atom. The number of urea groups is 1. The molecule has 1 aromatic heterocycles. The molecule has 0 aliphatic carbocycles. The van der Waals surface area contributed by atoms with Crippen molar-refractivity contribution in [1.82, 2.24) is 9.80 Å². The van der Waals surface area contributed by atoms with Crippen molar-refractivity contribution >= 4 is 34.9 Å². The number of carboxylic acid groups (broad SMARTS) is 1. The van der Waals surface area contributed by atoms with Crippen molar-refractivity contribution in [2.45, 2.75) is 25.1 Å². The van der Waals surface area contributed by atoms with Gasteiger partial charge in [0.1, 0.15) is 6.04 Å². The molecule has 2 amide bonds. The highest BCUT2D eigenvalue weighted by Gasteiger charge is 2.40. The van der Waals surface area contributed by atoms with Gasteiger partial charge in [0, 0.05) is 24.9 Å². The Bertz CT molecular complexity index is 521. The second kappa shape index (κ2) is 5.99. The fraction of sp³-hybridized carbons (Fsp3) is 0.500. The van der Waals surface area contributed by atoms with E-state index in [0.29, 0.717) is 10.9 Å². The third-order valence-corrected chi connectivity index (χ3v) is 4.37. The first kappa shape index (κ1) is 15.1. The number of aliphatic carboxylic acids is 1. The monoisotopic (exact) mass is 318 g/mol. The van der Waals surface area contributed by atoms with Crippen molar-refractivity contribution in [3.05, 3.63) is 21.3 Å². The van der Waals surface area contributed by atoms with Gasteiger partial charge in [0.25, 0.3) is 0 Å². The summed E-state index contributed by atoms with van der Waals surface area (Å²) in [6, 6.07) is 2.20. The van der Waals surface area contributed by atoms with Gasteiger partial charge in [0.2, 0.25) is 0 Å². The number of halogens is 1. The molecule has 2 heterocycles. The number of likely N-dealkylation sites (tertiary alicyclic amines) is 1. The normalized spacial score (nSPS) is 22.1. The van der Waals surface area contributed by atoms with Crippen LogP contribution in [0.5, 0.6) is 0 Å². The first-order chi connectivity index (χ1) is 9.38. The first-order valence-electron chi connectivity index (χ1n) is 6.05. The van der Waals surface area contributed by atoms with Crippen LogP contribution in [0.3, 0.4) is 0 Å². The molecule has 2 N–H and O–H groups in total. The minimum Gasteiger partial charge on any atom is -0.480 e. The van der Waals surface area contributed by atoms with Crippen molar-refractivity contribution in [3.63, 3.8) is 0 Å². The topological polar surface area (TPSA) is 81.1 Å². The lowest BCUT2D eigenvalue weighted by molar-refractivity contribution is -0.141. The molecule has 1 unspecified atom stereocenters. The molecular weight excluding hydrogens is 304 g/mol. The molecule has 2 atom stereocenters. The highest BCUT2D eigenvalue weighted by Crippen LogP contribution is 2.24. The highest BCUT2D eigenvalue weighted by molar-refractivity contribution is 7.16. The molecule has 110 valence electrons. The number of thiophene rings is 1. The van der Waals surface area contributed by atoms with Crippen LogP contribution in [0.25, 0.3) is 0 Å². The summed E-state index contributed by atoms with van der Waals surface area (Å²) in [7, 11) is 1.60. The van der Waals surface area contributed by atoms with Crippen LogP contribution < -0.4 is 0 Å². The fourth-order valence-electron chi connectivity index (χ4n) is 2.22. The molecule has 6 nitrogen and oxygen atoms in total. The molecule has 1 aromatic rings. The van der Waals surface area contributed by atoms with E-state index in [-0.39, 0.29) is 13.0 Å². The van der Waals surface area contributed by atoms with E-state index in [4.69, 9.17) is 16.7 Å². The minimum atomic E-state index is -1.09. The maximum atomic E-state index is 12.3. The van der Waals surface area contributed by atoms with Crippen LogP contribution in [-0.4, -0.2) is 57.8 Å². The zero-order valence-electron chi connectivity index (χ0n) is 10.8. The standard InChI is InChI=1S/C12H15ClN2O4S/c1-14(6-8-2-3-10(13)20-8)12(19)15-5-7(16)4-9(15)11(17)18/h2-3,7,9,16H,4-6H2,1H3,(H,17,18)/t7?,9-/m0/s1. The Labute approximate surface area is 125 Å². The summed E-state index contributed by atoms with van der Waals surface area (Å²) in [4.78, 5) is 26.9. The van der Waals surface area contributed by atoms with Crippen LogP contribution in [0.15, 0.2) is 12.1 Å². The Morgan fingerprint density at radius 3 is 2.80 bits per heavy atom. The number of hydrogen-bond acceptors (Lipinski definition) is 4. The average molecular weight is 319 g/mol. The lowest BCUT2D eigenvalue weighted by Crippen LogP contribution is -2.46. The Kier molecular flexibility index (Phi) is 4.52. The van der Waals surface area contributed by atoms with Gasteiger partial charge in [-0.15, -0.1) is 11.3 Å². The molecule has 0 spiro atoms. The molecule has 1 fully saturated rings. The highest BCUT2D eigenvalue weighted by atomic mass is 35.5. The van der Waals surface area contributed by atoms with Gasteiger partial charge in [0.05, 0.1) is 17.0 Å². The number of carboxylic acids is 1. The SMILES string of the molecule is CN(Cc1ccc(Cl)s1)C(=O)N1CC(O)C[C@H]1C(=O)O. The summed E-state index contributed by atoms with van der Waals surface area (Å²) in [5.74, 6) is -1.09. The van der Waals surface area contributed by atoms with Gasteiger partial charge in [-0.3, -0.25) is 0 Å². The maximum absolute atomic E-state index is 12.3. The van der Waals surface area contributed by atoms with E-state index in [1.807, 2.05) is 6.07 Å². The zero-order valence-corrected chi connectivity index (χ0v) is 12.4. The minimum absolute atomic E-state index is 0.0470. The molecule has 1 saturated heterocycles. The van der Waals surface area contributed by atoms with Gasteiger partial charge in [-0.05, 0) is 12.1 Å². The molecule has 2 rings (SSSR count). The van der Waals surface area contributed by atoms with Crippen molar-refractivity contribution in [3.8, 4) is 0 Å². The van der Waals surface area contributed by atoms with Crippen molar-refractivity contribution < 1.29 is 19.8 Å². The molecule has 0 bridgehead atoms. The second-order valence-electron chi connectivity index (χ2n) is 4.74. The van der Waals surface area contributed by atoms with Gasteiger partial charge in [0.15, 0.2) is 0 Å². The fourth-order valence-corrected chi connectivity index (χ4v) is 3.36. The Morgan fingerprint density at radius 2 is 2.25 bits per heavy atom. The van der Waals surface area contributed by atoms with E-state index in [1.165, 1.54) is 21.1 Å². The predicted molar refractivity (Wildman–Crippen MR) is 74.9 cm³/mol. The number of amides is 2. The van der Waals surface area contributed by atoms with E-state index in [0.717, 1.165) is 4.88 Å². The quantitative estimate of drug-likeness (QED) is 0.884. The molecule has 0 saturated carbocycles.